The Morgan fingerprint density at radius 2 is 1.87 bits per heavy atom. The van der Waals surface area contributed by atoms with E-state index >= 15 is 0 Å². The van der Waals surface area contributed by atoms with Crippen molar-refractivity contribution in [2.24, 2.45) is 0 Å². The summed E-state index contributed by atoms with van der Waals surface area (Å²) in [6, 6.07) is 14.7. The Morgan fingerprint density at radius 3 is 2.73 bits per heavy atom. The first-order valence-corrected chi connectivity index (χ1v) is 11.1. The Morgan fingerprint density at radius 1 is 1.03 bits per heavy atom. The fraction of sp³-hybridized carbons (Fsp3) is 0.400. The van der Waals surface area contributed by atoms with Gasteiger partial charge in [0, 0.05) is 23.5 Å². The Kier molecular flexibility index (Phi) is 5.11. The van der Waals surface area contributed by atoms with E-state index in [0.717, 1.165) is 66.9 Å². The molecule has 2 aliphatic rings. The lowest BCUT2D eigenvalue weighted by atomic mass is 10.0. The number of hydrogen-bond donors (Lipinski definition) is 1. The Labute approximate surface area is 177 Å². The zero-order valence-corrected chi connectivity index (χ0v) is 17.5. The van der Waals surface area contributed by atoms with Crippen molar-refractivity contribution in [1.82, 2.24) is 20.1 Å². The van der Waals surface area contributed by atoms with Crippen LogP contribution in [-0.2, 0) is 12.8 Å². The summed E-state index contributed by atoms with van der Waals surface area (Å²) >= 11 is 0. The first-order valence-electron chi connectivity index (χ1n) is 11.1. The summed E-state index contributed by atoms with van der Waals surface area (Å²) in [7, 11) is 0. The topological polar surface area (TPSA) is 61.9 Å². The van der Waals surface area contributed by atoms with Crippen LogP contribution in [0.25, 0.3) is 11.1 Å². The molecule has 5 heteroatoms. The highest BCUT2D eigenvalue weighted by molar-refractivity contribution is 5.94. The number of benzene rings is 1. The predicted octanol–water partition coefficient (Wildman–Crippen LogP) is 5.03. The quantitative estimate of drug-likeness (QED) is 0.628. The lowest BCUT2D eigenvalue weighted by molar-refractivity contribution is 0.0725. The second-order valence-electron chi connectivity index (χ2n) is 8.53. The number of amides is 1. The van der Waals surface area contributed by atoms with E-state index in [1.165, 1.54) is 18.4 Å². The molecule has 0 unspecified atom stereocenters. The van der Waals surface area contributed by atoms with E-state index in [9.17, 15) is 4.79 Å². The Balaban J connectivity index is 1.47. The van der Waals surface area contributed by atoms with Gasteiger partial charge in [0.25, 0.3) is 5.91 Å². The molecule has 0 radical (unpaired) electrons. The molecule has 1 N–H and O–H groups in total. The van der Waals surface area contributed by atoms with Gasteiger partial charge in [0.15, 0.2) is 5.69 Å². The fourth-order valence-corrected chi connectivity index (χ4v) is 4.95. The molecule has 5 nitrogen and oxygen atoms in total. The minimum absolute atomic E-state index is 0.0120. The van der Waals surface area contributed by atoms with Crippen LogP contribution in [0.2, 0.25) is 0 Å². The van der Waals surface area contributed by atoms with Gasteiger partial charge in [0.1, 0.15) is 0 Å². The van der Waals surface area contributed by atoms with E-state index in [0.29, 0.717) is 5.69 Å². The van der Waals surface area contributed by atoms with E-state index in [1.54, 1.807) is 0 Å². The summed E-state index contributed by atoms with van der Waals surface area (Å²) in [5, 5.41) is 7.61. The highest BCUT2D eigenvalue weighted by Gasteiger charge is 2.34. The van der Waals surface area contributed by atoms with Crippen LogP contribution >= 0.6 is 0 Å². The van der Waals surface area contributed by atoms with Gasteiger partial charge >= 0.3 is 0 Å². The molecule has 2 aromatic heterocycles. The van der Waals surface area contributed by atoms with Gasteiger partial charge in [-0.3, -0.25) is 14.9 Å². The molecule has 0 saturated carbocycles. The van der Waals surface area contributed by atoms with E-state index in [1.807, 2.05) is 17.9 Å². The molecule has 5 rings (SSSR count). The van der Waals surface area contributed by atoms with Crippen LogP contribution in [0.3, 0.4) is 0 Å². The van der Waals surface area contributed by atoms with Gasteiger partial charge in [0.2, 0.25) is 0 Å². The van der Waals surface area contributed by atoms with Crippen molar-refractivity contribution in [3.63, 3.8) is 0 Å². The SMILES string of the molecule is Cc1cc(-c2ccccc2)cc([C@H]2CCCN2C(=O)c2n[nH]c3c2CCCCC3)n1. The van der Waals surface area contributed by atoms with Gasteiger partial charge in [-0.25, -0.2) is 0 Å². The van der Waals surface area contributed by atoms with E-state index in [2.05, 4.69) is 46.6 Å². The first kappa shape index (κ1) is 19.0. The summed E-state index contributed by atoms with van der Waals surface area (Å²) < 4.78 is 0. The normalized spacial score (nSPS) is 18.8. The third kappa shape index (κ3) is 3.53. The Bertz CT molecular complexity index is 1060. The second kappa shape index (κ2) is 8.05. The molecule has 1 atom stereocenters. The average molecular weight is 401 g/mol. The number of hydrogen-bond acceptors (Lipinski definition) is 3. The van der Waals surface area contributed by atoms with Crippen molar-refractivity contribution >= 4 is 5.91 Å². The van der Waals surface area contributed by atoms with E-state index in [-0.39, 0.29) is 11.9 Å². The number of aromatic amines is 1. The minimum Gasteiger partial charge on any atom is -0.329 e. The van der Waals surface area contributed by atoms with Crippen LogP contribution in [-0.4, -0.2) is 32.5 Å². The highest BCUT2D eigenvalue weighted by Crippen LogP contribution is 2.35. The fourth-order valence-electron chi connectivity index (χ4n) is 4.95. The van der Waals surface area contributed by atoms with Gasteiger partial charge in [0.05, 0.1) is 11.7 Å². The van der Waals surface area contributed by atoms with Gasteiger partial charge in [-0.2, -0.15) is 5.10 Å². The number of aromatic nitrogens is 3. The van der Waals surface area contributed by atoms with Gasteiger partial charge in [-0.1, -0.05) is 36.8 Å². The van der Waals surface area contributed by atoms with Crippen LogP contribution in [0, 0.1) is 6.92 Å². The first-order chi connectivity index (χ1) is 14.7. The number of rotatable bonds is 3. The van der Waals surface area contributed by atoms with Crippen LogP contribution in [0.1, 0.15) is 71.3 Å². The lowest BCUT2D eigenvalue weighted by Crippen LogP contribution is -2.32. The molecule has 1 aromatic carbocycles. The number of carbonyl (C=O) groups excluding carboxylic acids is 1. The molecule has 1 amide bonds. The number of nitrogens with one attached hydrogen (secondary N) is 1. The molecule has 3 aromatic rings. The monoisotopic (exact) mass is 400 g/mol. The molecule has 1 fully saturated rings. The maximum atomic E-state index is 13.5. The summed E-state index contributed by atoms with van der Waals surface area (Å²) in [6.07, 6.45) is 7.42. The summed E-state index contributed by atoms with van der Waals surface area (Å²) in [6.45, 7) is 2.80. The van der Waals surface area contributed by atoms with Crippen molar-refractivity contribution in [3.8, 4) is 11.1 Å². The number of likely N-dealkylation sites (tertiary alicyclic amines) is 1. The molecule has 0 spiro atoms. The standard InChI is InChI=1S/C25H28N4O/c1-17-15-19(18-9-4-2-5-10-18)16-22(26-17)23-13-8-14-29(23)25(30)24-20-11-6-3-7-12-21(20)27-28-24/h2,4-5,9-10,15-16,23H,3,6-8,11-14H2,1H3,(H,27,28)/t23-/m1/s1. The van der Waals surface area contributed by atoms with E-state index < -0.39 is 0 Å². The maximum Gasteiger partial charge on any atom is 0.275 e. The molecule has 3 heterocycles. The zero-order valence-electron chi connectivity index (χ0n) is 17.5. The van der Waals surface area contributed by atoms with Crippen molar-refractivity contribution in [2.45, 2.75) is 57.9 Å². The predicted molar refractivity (Wildman–Crippen MR) is 117 cm³/mol. The van der Waals surface area contributed by atoms with Gasteiger partial charge < -0.3 is 4.90 Å². The molecule has 0 bridgehead atoms. The van der Waals surface area contributed by atoms with Crippen LogP contribution in [0.4, 0.5) is 0 Å². The minimum atomic E-state index is 0.0120. The molecule has 1 aliphatic heterocycles. The third-order valence-electron chi connectivity index (χ3n) is 6.44. The van der Waals surface area contributed by atoms with E-state index in [4.69, 9.17) is 4.98 Å². The smallest absolute Gasteiger partial charge is 0.275 e. The molecule has 1 saturated heterocycles. The number of nitrogens with zero attached hydrogens (tertiary/aromatic N) is 3. The second-order valence-corrected chi connectivity index (χ2v) is 8.53. The van der Waals surface area contributed by atoms with Crippen LogP contribution < -0.4 is 0 Å². The number of aryl methyl sites for hydroxylation is 2. The van der Waals surface area contributed by atoms with Crippen molar-refractivity contribution in [2.75, 3.05) is 6.54 Å². The summed E-state index contributed by atoms with van der Waals surface area (Å²) in [4.78, 5) is 20.4. The third-order valence-corrected chi connectivity index (χ3v) is 6.44. The zero-order chi connectivity index (χ0) is 20.5. The Hall–Kier alpha value is -2.95. The lowest BCUT2D eigenvalue weighted by Gasteiger charge is -2.25. The molecule has 30 heavy (non-hydrogen) atoms. The largest absolute Gasteiger partial charge is 0.329 e. The van der Waals surface area contributed by atoms with Crippen molar-refractivity contribution in [1.29, 1.82) is 0 Å². The summed E-state index contributed by atoms with van der Waals surface area (Å²) in [5.41, 5.74) is 7.25. The highest BCUT2D eigenvalue weighted by atomic mass is 16.2. The van der Waals surface area contributed by atoms with Gasteiger partial charge in [-0.15, -0.1) is 0 Å². The number of H-pyrrole nitrogens is 1. The van der Waals surface area contributed by atoms with Crippen molar-refractivity contribution in [3.05, 3.63) is 70.8 Å². The van der Waals surface area contributed by atoms with Crippen LogP contribution in [0.15, 0.2) is 42.5 Å². The number of fused-ring (bicyclic) bond motifs is 1. The molecule has 154 valence electrons. The van der Waals surface area contributed by atoms with Gasteiger partial charge in [-0.05, 0) is 68.7 Å². The number of pyridine rings is 1. The average Bonchev–Trinajstić information content (AvgIpc) is 3.35. The number of carbonyl (C=O) groups is 1. The molecule has 1 aliphatic carbocycles. The van der Waals surface area contributed by atoms with Crippen LogP contribution in [0.5, 0.6) is 0 Å². The molecular formula is C25H28N4O. The maximum absolute atomic E-state index is 13.5. The summed E-state index contributed by atoms with van der Waals surface area (Å²) in [5.74, 6) is 0.0569. The molecular weight excluding hydrogens is 372 g/mol. The van der Waals surface area contributed by atoms with Crippen molar-refractivity contribution < 1.29 is 4.79 Å².